The van der Waals surface area contributed by atoms with Crippen LogP contribution in [-0.4, -0.2) is 44.1 Å². The summed E-state index contributed by atoms with van der Waals surface area (Å²) < 4.78 is 22.7. The lowest BCUT2D eigenvalue weighted by Crippen LogP contribution is -2.08. The van der Waals surface area contributed by atoms with Gasteiger partial charge < -0.3 is 29.6 Å². The van der Waals surface area contributed by atoms with Crippen LogP contribution in [0.1, 0.15) is 11.1 Å². The summed E-state index contributed by atoms with van der Waals surface area (Å²) in [6, 6.07) is 50.2. The average molecular weight is 838 g/mol. The molecule has 0 unspecified atom stereocenters. The Morgan fingerprint density at radius 1 is 0.400 bits per heavy atom. The van der Waals surface area contributed by atoms with Crippen LogP contribution in [0.15, 0.2) is 158 Å². The maximum Gasteiger partial charge on any atom is 0.228 e. The standard InChI is InChI=1S/C35H28N4O3.C11H10Cl2N4O/c1-40-32-15-9-8-10-27(32)24-36-35-38-33(25-16-20-30(21-17-25)41-28-11-4-2-5-12-28)37-34(39-35)26-18-22-31(23-19-26)42-29-13-6-3-7-14-29;1-18-8-5-3-2-4-7(8)6-14-11-16-9(12)15-10(13)17-11/h2-23H,24H2,1H3,(H,36,37,38,39);2-5H,6H2,1H3,(H,14,15,16,17). The maximum absolute atomic E-state index is 5.96. The number of anilines is 2. The van der Waals surface area contributed by atoms with Gasteiger partial charge in [0.1, 0.15) is 34.5 Å². The van der Waals surface area contributed by atoms with Crippen LogP contribution < -0.4 is 29.6 Å². The van der Waals surface area contributed by atoms with E-state index in [1.54, 1.807) is 14.2 Å². The highest BCUT2D eigenvalue weighted by atomic mass is 35.5. The van der Waals surface area contributed by atoms with Crippen LogP contribution in [0.3, 0.4) is 0 Å². The van der Waals surface area contributed by atoms with Gasteiger partial charge in [-0.3, -0.25) is 0 Å². The Morgan fingerprint density at radius 2 is 0.767 bits per heavy atom. The fourth-order valence-corrected chi connectivity index (χ4v) is 6.12. The van der Waals surface area contributed by atoms with E-state index in [0.717, 1.165) is 56.8 Å². The predicted octanol–water partition coefficient (Wildman–Crippen LogP) is 11.2. The molecule has 60 heavy (non-hydrogen) atoms. The van der Waals surface area contributed by atoms with Crippen molar-refractivity contribution in [2.45, 2.75) is 13.1 Å². The second-order valence-corrected chi connectivity index (χ2v) is 13.4. The molecule has 300 valence electrons. The number of nitrogens with zero attached hydrogens (tertiary/aromatic N) is 6. The highest BCUT2D eigenvalue weighted by molar-refractivity contribution is 6.31. The van der Waals surface area contributed by atoms with Crippen molar-refractivity contribution in [3.8, 4) is 57.3 Å². The molecule has 0 amide bonds. The molecule has 0 fully saturated rings. The SMILES string of the molecule is COc1ccccc1CNc1nc(-c2ccc(Oc3ccccc3)cc2)nc(-c2ccc(Oc3ccccc3)cc2)n1.COc1ccccc1CNc1nc(Cl)nc(Cl)n1. The molecule has 6 aromatic carbocycles. The fourth-order valence-electron chi connectivity index (χ4n) is 5.76. The lowest BCUT2D eigenvalue weighted by molar-refractivity contribution is 0.410. The van der Waals surface area contributed by atoms with Gasteiger partial charge in [0, 0.05) is 35.3 Å². The van der Waals surface area contributed by atoms with Gasteiger partial charge in [-0.25, -0.2) is 4.98 Å². The first-order valence-corrected chi connectivity index (χ1v) is 19.4. The minimum Gasteiger partial charge on any atom is -0.496 e. The van der Waals surface area contributed by atoms with Gasteiger partial charge in [-0.15, -0.1) is 0 Å². The third-order valence-corrected chi connectivity index (χ3v) is 9.00. The molecular weight excluding hydrogens is 799 g/mol. The summed E-state index contributed by atoms with van der Waals surface area (Å²) in [5.74, 6) is 6.44. The van der Waals surface area contributed by atoms with E-state index >= 15 is 0 Å². The summed E-state index contributed by atoms with van der Waals surface area (Å²) in [5, 5.41) is 6.47. The number of rotatable bonds is 14. The monoisotopic (exact) mass is 836 g/mol. The van der Waals surface area contributed by atoms with E-state index in [9.17, 15) is 0 Å². The van der Waals surface area contributed by atoms with Gasteiger partial charge in [0.15, 0.2) is 11.6 Å². The number of aromatic nitrogens is 6. The Kier molecular flexibility index (Phi) is 13.9. The zero-order valence-corrected chi connectivity index (χ0v) is 34.0. The summed E-state index contributed by atoms with van der Waals surface area (Å²) in [6.07, 6.45) is 0. The molecule has 0 spiro atoms. The first-order chi connectivity index (χ1) is 29.4. The topological polar surface area (TPSA) is 138 Å². The van der Waals surface area contributed by atoms with Crippen molar-refractivity contribution in [1.29, 1.82) is 0 Å². The Bertz CT molecular complexity index is 2480. The van der Waals surface area contributed by atoms with Crippen LogP contribution in [0.4, 0.5) is 11.9 Å². The number of hydrogen-bond donors (Lipinski definition) is 2. The van der Waals surface area contributed by atoms with Crippen LogP contribution in [0, 0.1) is 0 Å². The number of methoxy groups -OCH3 is 2. The second-order valence-electron chi connectivity index (χ2n) is 12.7. The molecule has 14 heteroatoms. The maximum atomic E-state index is 5.96. The van der Waals surface area contributed by atoms with Crippen LogP contribution in [0.25, 0.3) is 22.8 Å². The molecule has 8 aromatic rings. The molecule has 0 saturated carbocycles. The number of nitrogens with one attached hydrogen (secondary N) is 2. The van der Waals surface area contributed by atoms with Crippen molar-refractivity contribution >= 4 is 35.1 Å². The Balaban J connectivity index is 0.000000253. The van der Waals surface area contributed by atoms with E-state index in [2.05, 4.69) is 25.6 Å². The third kappa shape index (κ3) is 11.4. The first-order valence-electron chi connectivity index (χ1n) is 18.6. The number of para-hydroxylation sites is 4. The minimum atomic E-state index is 0.0533. The molecule has 0 bridgehead atoms. The van der Waals surface area contributed by atoms with E-state index in [1.165, 1.54) is 0 Å². The highest BCUT2D eigenvalue weighted by Crippen LogP contribution is 2.29. The van der Waals surface area contributed by atoms with Gasteiger partial charge in [0.2, 0.25) is 22.5 Å². The van der Waals surface area contributed by atoms with Crippen molar-refractivity contribution < 1.29 is 18.9 Å². The number of benzene rings is 6. The predicted molar refractivity (Wildman–Crippen MR) is 234 cm³/mol. The summed E-state index contributed by atoms with van der Waals surface area (Å²) in [7, 11) is 3.28. The molecule has 0 aliphatic rings. The highest BCUT2D eigenvalue weighted by Gasteiger charge is 2.13. The van der Waals surface area contributed by atoms with E-state index in [1.807, 2.05) is 158 Å². The van der Waals surface area contributed by atoms with Crippen LogP contribution in [0.2, 0.25) is 10.6 Å². The Hall–Kier alpha value is -7.28. The first kappa shape index (κ1) is 40.9. The fraction of sp³-hybridized carbons (Fsp3) is 0.0870. The van der Waals surface area contributed by atoms with Gasteiger partial charge in [0.05, 0.1) is 14.2 Å². The largest absolute Gasteiger partial charge is 0.496 e. The molecule has 0 atom stereocenters. The molecule has 0 aliphatic heterocycles. The summed E-state index contributed by atoms with van der Waals surface area (Å²) >= 11 is 11.4. The zero-order chi connectivity index (χ0) is 41.5. The minimum absolute atomic E-state index is 0.0533. The zero-order valence-electron chi connectivity index (χ0n) is 32.5. The van der Waals surface area contributed by atoms with E-state index in [-0.39, 0.29) is 10.6 Å². The molecule has 0 radical (unpaired) electrons. The number of ether oxygens (including phenoxy) is 4. The quantitative estimate of drug-likeness (QED) is 0.108. The van der Waals surface area contributed by atoms with Gasteiger partial charge in [-0.1, -0.05) is 72.8 Å². The third-order valence-electron chi connectivity index (χ3n) is 8.66. The molecule has 12 nitrogen and oxygen atoms in total. The molecule has 2 N–H and O–H groups in total. The van der Waals surface area contributed by atoms with Crippen LogP contribution in [0.5, 0.6) is 34.5 Å². The second kappa shape index (κ2) is 20.4. The van der Waals surface area contributed by atoms with Crippen molar-refractivity contribution in [1.82, 2.24) is 29.9 Å². The van der Waals surface area contributed by atoms with Gasteiger partial charge in [0.25, 0.3) is 0 Å². The van der Waals surface area contributed by atoms with Crippen molar-refractivity contribution in [3.05, 3.63) is 179 Å². The van der Waals surface area contributed by atoms with Crippen LogP contribution in [-0.2, 0) is 13.1 Å². The van der Waals surface area contributed by atoms with Crippen LogP contribution >= 0.6 is 23.2 Å². The molecule has 2 aromatic heterocycles. The van der Waals surface area contributed by atoms with Gasteiger partial charge in [-0.05, 0) is 108 Å². The van der Waals surface area contributed by atoms with E-state index < -0.39 is 0 Å². The Labute approximate surface area is 357 Å². The molecule has 8 rings (SSSR count). The lowest BCUT2D eigenvalue weighted by Gasteiger charge is -2.12. The van der Waals surface area contributed by atoms with Gasteiger partial charge >= 0.3 is 0 Å². The van der Waals surface area contributed by atoms with Crippen molar-refractivity contribution in [2.24, 2.45) is 0 Å². The molecule has 2 heterocycles. The molecular formula is C46H38Cl2N8O4. The van der Waals surface area contributed by atoms with Crippen molar-refractivity contribution in [2.75, 3.05) is 24.9 Å². The number of halogens is 2. The molecule has 0 aliphatic carbocycles. The average Bonchev–Trinajstić information content (AvgIpc) is 3.29. The smallest absolute Gasteiger partial charge is 0.228 e. The lowest BCUT2D eigenvalue weighted by atomic mass is 10.1. The van der Waals surface area contributed by atoms with Gasteiger partial charge in [-0.2, -0.15) is 24.9 Å². The normalized spacial score (nSPS) is 10.5. The number of hydrogen-bond acceptors (Lipinski definition) is 12. The van der Waals surface area contributed by atoms with E-state index in [0.29, 0.717) is 36.6 Å². The summed E-state index contributed by atoms with van der Waals surface area (Å²) in [5.41, 5.74) is 3.65. The summed E-state index contributed by atoms with van der Waals surface area (Å²) in [6.45, 7) is 0.987. The summed E-state index contributed by atoms with van der Waals surface area (Å²) in [4.78, 5) is 25.8. The Morgan fingerprint density at radius 3 is 1.18 bits per heavy atom. The molecule has 0 saturated heterocycles. The van der Waals surface area contributed by atoms with Crippen molar-refractivity contribution in [3.63, 3.8) is 0 Å². The van der Waals surface area contributed by atoms with E-state index in [4.69, 9.17) is 57.1 Å².